The number of rotatable bonds is 6. The van der Waals surface area contributed by atoms with Crippen LogP contribution in [0, 0.1) is 0 Å². The van der Waals surface area contributed by atoms with Crippen molar-refractivity contribution in [2.75, 3.05) is 24.7 Å². The first-order chi connectivity index (χ1) is 7.98. The fourth-order valence-electron chi connectivity index (χ4n) is 1.62. The molecule has 0 aliphatic heterocycles. The van der Waals surface area contributed by atoms with Crippen LogP contribution in [-0.2, 0) is 0 Å². The summed E-state index contributed by atoms with van der Waals surface area (Å²) in [5.74, 6) is 1.04. The zero-order valence-corrected chi connectivity index (χ0v) is 10.7. The number of aliphatic hydroxyl groups is 1. The Kier molecular flexibility index (Phi) is 4.57. The third-order valence-electron chi connectivity index (χ3n) is 2.52. The van der Waals surface area contributed by atoms with Crippen LogP contribution in [0.3, 0.4) is 0 Å². The molecule has 17 heavy (non-hydrogen) atoms. The number of hydrogen-bond acceptors (Lipinski definition) is 5. The Morgan fingerprint density at radius 3 is 2.82 bits per heavy atom. The maximum atomic E-state index is 10.0. The minimum Gasteiger partial charge on any atom is -0.479 e. The molecule has 0 radical (unpaired) electrons. The van der Waals surface area contributed by atoms with Gasteiger partial charge < -0.3 is 20.9 Å². The van der Waals surface area contributed by atoms with Crippen molar-refractivity contribution in [2.45, 2.75) is 32.3 Å². The predicted molar refractivity (Wildman–Crippen MR) is 69.2 cm³/mol. The average Bonchev–Trinajstić information content (AvgIpc) is 2.28. The summed E-state index contributed by atoms with van der Waals surface area (Å²) in [4.78, 5) is 4.18. The molecule has 0 aliphatic rings. The fourth-order valence-corrected chi connectivity index (χ4v) is 1.62. The van der Waals surface area contributed by atoms with E-state index in [2.05, 4.69) is 10.3 Å². The molecule has 1 unspecified atom stereocenters. The first kappa shape index (κ1) is 13.6. The lowest BCUT2D eigenvalue weighted by molar-refractivity contribution is 0.0636. The van der Waals surface area contributed by atoms with Crippen LogP contribution in [0.15, 0.2) is 12.1 Å². The largest absolute Gasteiger partial charge is 0.479 e. The highest BCUT2D eigenvalue weighted by Gasteiger charge is 2.18. The first-order valence-corrected chi connectivity index (χ1v) is 5.75. The lowest BCUT2D eigenvalue weighted by Gasteiger charge is -2.23. The number of nitrogens with two attached hydrogens (primary N) is 1. The number of hydrogen-bond donors (Lipinski definition) is 3. The summed E-state index contributed by atoms with van der Waals surface area (Å²) in [5.41, 5.74) is 5.43. The maximum absolute atomic E-state index is 10.0. The number of ether oxygens (including phenoxy) is 1. The molecule has 1 heterocycles. The molecule has 0 amide bonds. The Labute approximate surface area is 102 Å². The van der Waals surface area contributed by atoms with Gasteiger partial charge in [-0.1, -0.05) is 13.3 Å². The van der Waals surface area contributed by atoms with Gasteiger partial charge in [0.1, 0.15) is 5.82 Å². The van der Waals surface area contributed by atoms with E-state index < -0.39 is 5.60 Å². The van der Waals surface area contributed by atoms with Crippen molar-refractivity contribution in [1.82, 2.24) is 4.98 Å². The number of nitrogens with one attached hydrogen (secondary N) is 1. The molecule has 0 aromatic carbocycles. The lowest BCUT2D eigenvalue weighted by atomic mass is 10.0. The Morgan fingerprint density at radius 2 is 2.24 bits per heavy atom. The van der Waals surface area contributed by atoms with Gasteiger partial charge in [0.15, 0.2) is 0 Å². The van der Waals surface area contributed by atoms with E-state index in [1.165, 1.54) is 7.11 Å². The number of aromatic nitrogens is 1. The molecule has 96 valence electrons. The van der Waals surface area contributed by atoms with E-state index in [1.54, 1.807) is 19.1 Å². The van der Waals surface area contributed by atoms with Gasteiger partial charge in [0, 0.05) is 6.54 Å². The third-order valence-corrected chi connectivity index (χ3v) is 2.52. The predicted octanol–water partition coefficient (Wildman–Crippen LogP) is 1.64. The van der Waals surface area contributed by atoms with Crippen LogP contribution in [0.25, 0.3) is 0 Å². The first-order valence-electron chi connectivity index (χ1n) is 5.75. The molecule has 4 N–H and O–H groups in total. The lowest BCUT2D eigenvalue weighted by Crippen LogP contribution is -2.33. The standard InChI is InChI=1S/C12H21N3O2/c1-4-7-12(2,16)8-14-10-6-5-9(13)11(15-10)17-3/h5-6,16H,4,7-8,13H2,1-3H3,(H,14,15). The van der Waals surface area contributed by atoms with Crippen LogP contribution in [0.1, 0.15) is 26.7 Å². The molecule has 1 atom stereocenters. The Morgan fingerprint density at radius 1 is 1.53 bits per heavy atom. The molecule has 0 fully saturated rings. The van der Waals surface area contributed by atoms with Crippen LogP contribution in [0.4, 0.5) is 11.5 Å². The van der Waals surface area contributed by atoms with Gasteiger partial charge in [0.05, 0.1) is 18.4 Å². The zero-order chi connectivity index (χ0) is 12.9. The van der Waals surface area contributed by atoms with Crippen molar-refractivity contribution in [3.63, 3.8) is 0 Å². The number of methoxy groups -OCH3 is 1. The molecule has 0 bridgehead atoms. The fraction of sp³-hybridized carbons (Fsp3) is 0.583. The molecular weight excluding hydrogens is 218 g/mol. The summed E-state index contributed by atoms with van der Waals surface area (Å²) in [6, 6.07) is 3.49. The SMILES string of the molecule is CCCC(C)(O)CNc1ccc(N)c(OC)n1. The second-order valence-corrected chi connectivity index (χ2v) is 4.40. The summed E-state index contributed by atoms with van der Waals surface area (Å²) in [7, 11) is 1.52. The summed E-state index contributed by atoms with van der Waals surface area (Å²) in [6.45, 7) is 4.29. The van der Waals surface area contributed by atoms with Crippen molar-refractivity contribution < 1.29 is 9.84 Å². The van der Waals surface area contributed by atoms with Gasteiger partial charge in [-0.15, -0.1) is 0 Å². The third kappa shape index (κ3) is 4.11. The Bertz CT molecular complexity index is 367. The topological polar surface area (TPSA) is 80.4 Å². The number of pyridine rings is 1. The molecule has 0 aliphatic carbocycles. The van der Waals surface area contributed by atoms with Crippen LogP contribution in [0.2, 0.25) is 0 Å². The summed E-state index contributed by atoms with van der Waals surface area (Å²) in [6.07, 6.45) is 1.68. The highest BCUT2D eigenvalue weighted by atomic mass is 16.5. The molecular formula is C12H21N3O2. The number of anilines is 2. The van der Waals surface area contributed by atoms with Gasteiger partial charge in [-0.05, 0) is 25.5 Å². The van der Waals surface area contributed by atoms with E-state index in [0.717, 1.165) is 12.8 Å². The van der Waals surface area contributed by atoms with E-state index in [9.17, 15) is 5.11 Å². The van der Waals surface area contributed by atoms with E-state index in [4.69, 9.17) is 10.5 Å². The van der Waals surface area contributed by atoms with Crippen molar-refractivity contribution in [2.24, 2.45) is 0 Å². The van der Waals surface area contributed by atoms with Crippen molar-refractivity contribution in [3.05, 3.63) is 12.1 Å². The monoisotopic (exact) mass is 239 g/mol. The molecule has 0 saturated carbocycles. The number of nitrogens with zero attached hydrogens (tertiary/aromatic N) is 1. The Balaban J connectivity index is 2.63. The summed E-state index contributed by atoms with van der Waals surface area (Å²) >= 11 is 0. The highest BCUT2D eigenvalue weighted by molar-refractivity contribution is 5.53. The summed E-state index contributed by atoms with van der Waals surface area (Å²) < 4.78 is 5.03. The average molecular weight is 239 g/mol. The minimum absolute atomic E-state index is 0.394. The van der Waals surface area contributed by atoms with Crippen LogP contribution in [-0.4, -0.2) is 29.3 Å². The van der Waals surface area contributed by atoms with Crippen LogP contribution in [0.5, 0.6) is 5.88 Å². The molecule has 0 spiro atoms. The molecule has 1 rings (SSSR count). The van der Waals surface area contributed by atoms with Crippen molar-refractivity contribution >= 4 is 11.5 Å². The van der Waals surface area contributed by atoms with Gasteiger partial charge in [0.25, 0.3) is 0 Å². The quantitative estimate of drug-likeness (QED) is 0.703. The highest BCUT2D eigenvalue weighted by Crippen LogP contribution is 2.21. The van der Waals surface area contributed by atoms with E-state index in [-0.39, 0.29) is 0 Å². The van der Waals surface area contributed by atoms with Crippen molar-refractivity contribution in [3.8, 4) is 5.88 Å². The molecule has 5 nitrogen and oxygen atoms in total. The normalized spacial score (nSPS) is 14.1. The number of nitrogen functional groups attached to an aromatic ring is 1. The molecule has 0 saturated heterocycles. The second-order valence-electron chi connectivity index (χ2n) is 4.40. The molecule has 5 heteroatoms. The van der Waals surface area contributed by atoms with Gasteiger partial charge in [0.2, 0.25) is 5.88 Å². The summed E-state index contributed by atoms with van der Waals surface area (Å²) in [5, 5.41) is 13.1. The van der Waals surface area contributed by atoms with E-state index >= 15 is 0 Å². The second kappa shape index (κ2) is 5.72. The van der Waals surface area contributed by atoms with Gasteiger partial charge in [-0.25, -0.2) is 0 Å². The molecule has 1 aromatic heterocycles. The van der Waals surface area contributed by atoms with Gasteiger partial charge >= 0.3 is 0 Å². The van der Waals surface area contributed by atoms with E-state index in [1.807, 2.05) is 6.92 Å². The van der Waals surface area contributed by atoms with Crippen LogP contribution < -0.4 is 15.8 Å². The maximum Gasteiger partial charge on any atom is 0.238 e. The van der Waals surface area contributed by atoms with Gasteiger partial charge in [-0.2, -0.15) is 4.98 Å². The van der Waals surface area contributed by atoms with Crippen LogP contribution >= 0.6 is 0 Å². The van der Waals surface area contributed by atoms with Crippen molar-refractivity contribution in [1.29, 1.82) is 0 Å². The molecule has 1 aromatic rings. The minimum atomic E-state index is -0.731. The van der Waals surface area contributed by atoms with E-state index in [0.29, 0.717) is 23.9 Å². The zero-order valence-electron chi connectivity index (χ0n) is 10.7. The van der Waals surface area contributed by atoms with Gasteiger partial charge in [-0.3, -0.25) is 0 Å². The smallest absolute Gasteiger partial charge is 0.238 e. The Hall–Kier alpha value is -1.49.